The Balaban J connectivity index is 2.35. The number of phenols is 3. The van der Waals surface area contributed by atoms with E-state index in [9.17, 15) is 25.2 Å². The first kappa shape index (κ1) is 22.2. The molecule has 1 atom stereocenters. The predicted molar refractivity (Wildman–Crippen MR) is 121 cm³/mol. The Labute approximate surface area is 180 Å². The maximum atomic E-state index is 13.3. The van der Waals surface area contributed by atoms with Crippen molar-refractivity contribution in [2.75, 3.05) is 0 Å². The van der Waals surface area contributed by atoms with E-state index < -0.39 is 11.5 Å². The van der Waals surface area contributed by atoms with Crippen molar-refractivity contribution in [2.24, 2.45) is 0 Å². The zero-order valence-corrected chi connectivity index (χ0v) is 17.8. The minimum atomic E-state index is -0.961. The third kappa shape index (κ3) is 4.34. The molecule has 0 aliphatic carbocycles. The van der Waals surface area contributed by atoms with Crippen LogP contribution in [0.5, 0.6) is 17.2 Å². The van der Waals surface area contributed by atoms with E-state index in [2.05, 4.69) is 6.58 Å². The molecule has 2 aromatic carbocycles. The first-order chi connectivity index (χ1) is 14.6. The fourth-order valence-electron chi connectivity index (χ4n) is 3.35. The highest BCUT2D eigenvalue weighted by atomic mass is 16.3. The number of benzene rings is 2. The van der Waals surface area contributed by atoms with Crippen LogP contribution in [-0.4, -0.2) is 26.5 Å². The molecule has 0 aliphatic rings. The van der Waals surface area contributed by atoms with Crippen LogP contribution in [0.3, 0.4) is 0 Å². The topological polar surface area (TPSA) is 111 Å². The number of aliphatic hydroxyl groups is 1. The lowest BCUT2D eigenvalue weighted by atomic mass is 9.93. The number of phenolic OH excluding ortho intramolecular Hbond substituents is 3. The fraction of sp³-hybridized carbons (Fsp3) is 0.240. The molecule has 1 heterocycles. The van der Waals surface area contributed by atoms with Crippen LogP contribution in [0.15, 0.2) is 63.5 Å². The molecule has 0 fully saturated rings. The summed E-state index contributed by atoms with van der Waals surface area (Å²) in [6.45, 7) is 9.17. The molecular formula is C25H26O6. The van der Waals surface area contributed by atoms with Crippen molar-refractivity contribution in [1.29, 1.82) is 0 Å². The highest BCUT2D eigenvalue weighted by Gasteiger charge is 2.25. The van der Waals surface area contributed by atoms with E-state index in [1.54, 1.807) is 19.1 Å². The predicted octanol–water partition coefficient (Wildman–Crippen LogP) is 4.57. The number of rotatable bonds is 6. The normalized spacial score (nSPS) is 12.0. The standard InChI is InChI=1S/C25H26O6/c1-13(2)5-10-17-22(28)18(11-20(27)14(3)4)25-21(23(17)29)24(30)19(12-31-25)15-6-8-16(26)9-7-15/h5-9,12,20,26-29H,3,10-11H2,1-2,4H3/t20-/m0/s1. The van der Waals surface area contributed by atoms with E-state index in [-0.39, 0.29) is 57.7 Å². The average Bonchev–Trinajstić information content (AvgIpc) is 2.71. The van der Waals surface area contributed by atoms with E-state index >= 15 is 0 Å². The van der Waals surface area contributed by atoms with Crippen molar-refractivity contribution in [3.63, 3.8) is 0 Å². The number of hydrogen-bond acceptors (Lipinski definition) is 6. The minimum Gasteiger partial charge on any atom is -0.508 e. The van der Waals surface area contributed by atoms with Gasteiger partial charge in [-0.05, 0) is 44.9 Å². The van der Waals surface area contributed by atoms with Gasteiger partial charge in [0.05, 0.1) is 11.7 Å². The zero-order chi connectivity index (χ0) is 22.9. The number of fused-ring (bicyclic) bond motifs is 1. The Bertz CT molecular complexity index is 1230. The van der Waals surface area contributed by atoms with E-state index in [0.29, 0.717) is 11.1 Å². The maximum Gasteiger partial charge on any atom is 0.204 e. The summed E-state index contributed by atoms with van der Waals surface area (Å²) in [6.07, 6.45) is 2.29. The second kappa shape index (κ2) is 8.70. The van der Waals surface area contributed by atoms with Crippen molar-refractivity contribution in [3.05, 3.63) is 75.7 Å². The molecule has 0 unspecified atom stereocenters. The van der Waals surface area contributed by atoms with Crippen LogP contribution in [0.4, 0.5) is 0 Å². The van der Waals surface area contributed by atoms with Crippen molar-refractivity contribution >= 4 is 11.0 Å². The van der Waals surface area contributed by atoms with Gasteiger partial charge in [-0.2, -0.15) is 0 Å². The lowest BCUT2D eigenvalue weighted by Crippen LogP contribution is -2.14. The largest absolute Gasteiger partial charge is 0.508 e. The molecule has 1 aromatic heterocycles. The first-order valence-electron chi connectivity index (χ1n) is 9.89. The molecule has 6 heteroatoms. The van der Waals surface area contributed by atoms with Crippen LogP contribution >= 0.6 is 0 Å². The van der Waals surface area contributed by atoms with Gasteiger partial charge in [-0.1, -0.05) is 35.9 Å². The summed E-state index contributed by atoms with van der Waals surface area (Å²) in [4.78, 5) is 13.3. The van der Waals surface area contributed by atoms with Crippen LogP contribution < -0.4 is 5.43 Å². The van der Waals surface area contributed by atoms with Gasteiger partial charge in [-0.15, -0.1) is 0 Å². The van der Waals surface area contributed by atoms with Gasteiger partial charge in [0.25, 0.3) is 0 Å². The molecule has 0 spiro atoms. The lowest BCUT2D eigenvalue weighted by Gasteiger charge is -2.17. The summed E-state index contributed by atoms with van der Waals surface area (Å²) in [7, 11) is 0. The third-order valence-electron chi connectivity index (χ3n) is 5.22. The highest BCUT2D eigenvalue weighted by molar-refractivity contribution is 5.92. The molecule has 0 radical (unpaired) electrons. The maximum absolute atomic E-state index is 13.3. The zero-order valence-electron chi connectivity index (χ0n) is 17.8. The Morgan fingerprint density at radius 2 is 1.71 bits per heavy atom. The van der Waals surface area contributed by atoms with Crippen LogP contribution in [0, 0.1) is 0 Å². The summed E-state index contributed by atoms with van der Waals surface area (Å²) in [5.41, 5.74) is 2.14. The average molecular weight is 422 g/mol. The Kier molecular flexibility index (Phi) is 6.22. The molecule has 6 nitrogen and oxygen atoms in total. The fourth-order valence-corrected chi connectivity index (χ4v) is 3.35. The van der Waals surface area contributed by atoms with Gasteiger partial charge in [0.15, 0.2) is 0 Å². The monoisotopic (exact) mass is 422 g/mol. The Morgan fingerprint density at radius 1 is 1.06 bits per heavy atom. The summed E-state index contributed by atoms with van der Waals surface area (Å²) in [5.74, 6) is -0.516. The summed E-state index contributed by atoms with van der Waals surface area (Å²) >= 11 is 0. The number of aliphatic hydroxyl groups excluding tert-OH is 1. The quantitative estimate of drug-likeness (QED) is 0.433. The van der Waals surface area contributed by atoms with Gasteiger partial charge >= 0.3 is 0 Å². The molecule has 0 amide bonds. The van der Waals surface area contributed by atoms with Crippen LogP contribution in [-0.2, 0) is 12.8 Å². The van der Waals surface area contributed by atoms with E-state index in [1.807, 2.05) is 19.9 Å². The molecule has 3 aromatic rings. The van der Waals surface area contributed by atoms with E-state index in [4.69, 9.17) is 4.42 Å². The molecule has 4 N–H and O–H groups in total. The third-order valence-corrected chi connectivity index (χ3v) is 5.22. The molecule has 3 rings (SSSR count). The van der Waals surface area contributed by atoms with E-state index in [0.717, 1.165) is 5.57 Å². The van der Waals surface area contributed by atoms with E-state index in [1.165, 1.54) is 18.4 Å². The molecule has 0 saturated carbocycles. The van der Waals surface area contributed by atoms with Crippen LogP contribution in [0.2, 0.25) is 0 Å². The van der Waals surface area contributed by atoms with Crippen molar-refractivity contribution in [1.82, 2.24) is 0 Å². The van der Waals surface area contributed by atoms with Gasteiger partial charge in [0.2, 0.25) is 5.43 Å². The van der Waals surface area contributed by atoms with Gasteiger partial charge in [0, 0.05) is 17.5 Å². The number of hydrogen-bond donors (Lipinski definition) is 4. The Hall–Kier alpha value is -3.51. The summed E-state index contributed by atoms with van der Waals surface area (Å²) < 4.78 is 5.72. The van der Waals surface area contributed by atoms with Crippen LogP contribution in [0.25, 0.3) is 22.1 Å². The van der Waals surface area contributed by atoms with Crippen LogP contribution in [0.1, 0.15) is 31.9 Å². The van der Waals surface area contributed by atoms with Gasteiger partial charge in [-0.25, -0.2) is 0 Å². The first-order valence-corrected chi connectivity index (χ1v) is 9.89. The van der Waals surface area contributed by atoms with Crippen molar-refractivity contribution in [3.8, 4) is 28.4 Å². The molecule has 31 heavy (non-hydrogen) atoms. The Morgan fingerprint density at radius 3 is 2.29 bits per heavy atom. The summed E-state index contributed by atoms with van der Waals surface area (Å²) in [6, 6.07) is 6.04. The molecule has 162 valence electrons. The summed E-state index contributed by atoms with van der Waals surface area (Å²) in [5, 5.41) is 41.6. The second-order valence-corrected chi connectivity index (χ2v) is 7.94. The molecule has 0 bridgehead atoms. The van der Waals surface area contributed by atoms with Gasteiger partial charge < -0.3 is 24.8 Å². The number of aromatic hydroxyl groups is 3. The highest BCUT2D eigenvalue weighted by Crippen LogP contribution is 2.40. The van der Waals surface area contributed by atoms with Crippen molar-refractivity contribution < 1.29 is 24.8 Å². The van der Waals surface area contributed by atoms with Crippen molar-refractivity contribution in [2.45, 2.75) is 39.7 Å². The second-order valence-electron chi connectivity index (χ2n) is 7.94. The smallest absolute Gasteiger partial charge is 0.204 e. The van der Waals surface area contributed by atoms with Gasteiger partial charge in [0.1, 0.15) is 34.5 Å². The van der Waals surface area contributed by atoms with Gasteiger partial charge in [-0.3, -0.25) is 4.79 Å². The number of allylic oxidation sites excluding steroid dienone is 2. The SMILES string of the molecule is C=C(C)[C@@H](O)Cc1c(O)c(CC=C(C)C)c(O)c2c(=O)c(-c3ccc(O)cc3)coc12. The molecule has 0 aliphatic heterocycles. The lowest BCUT2D eigenvalue weighted by molar-refractivity contribution is 0.210. The minimum absolute atomic E-state index is 0.0174. The molecular weight excluding hydrogens is 396 g/mol. The molecule has 0 saturated heterocycles.